The summed E-state index contributed by atoms with van der Waals surface area (Å²) >= 11 is 12.7. The number of tetrazole rings is 1. The smallest absolute Gasteiger partial charge is 0.411 e. The number of anilines is 1. The molecule has 0 fully saturated rings. The van der Waals surface area contributed by atoms with E-state index in [1.165, 1.54) is 24.2 Å². The molecular formula is C29H23Cl2N9O3. The number of pyridine rings is 1. The molecule has 2 amide bonds. The van der Waals surface area contributed by atoms with Gasteiger partial charge in [-0.05, 0) is 82.6 Å². The van der Waals surface area contributed by atoms with Gasteiger partial charge in [0.25, 0.3) is 0 Å². The molecule has 0 saturated carbocycles. The summed E-state index contributed by atoms with van der Waals surface area (Å²) in [6, 6.07) is 17.1. The highest BCUT2D eigenvalue weighted by atomic mass is 35.5. The van der Waals surface area contributed by atoms with Crippen LogP contribution in [0.1, 0.15) is 22.9 Å². The number of nitrogens with zero attached hydrogens (tertiary/aromatic N) is 7. The number of methoxy groups -OCH3 is 1. The van der Waals surface area contributed by atoms with Crippen LogP contribution in [0.4, 0.5) is 10.5 Å². The number of amides is 2. The lowest BCUT2D eigenvalue weighted by Crippen LogP contribution is -2.29. The Kier molecular flexibility index (Phi) is 9.29. The van der Waals surface area contributed by atoms with Crippen LogP contribution < -0.4 is 10.6 Å². The van der Waals surface area contributed by atoms with Gasteiger partial charge in [-0.25, -0.2) is 4.79 Å². The quantitative estimate of drug-likeness (QED) is 0.215. The summed E-state index contributed by atoms with van der Waals surface area (Å²) in [5, 5.41) is 26.0. The Morgan fingerprint density at radius 1 is 1.02 bits per heavy atom. The van der Waals surface area contributed by atoms with Crippen LogP contribution in [0.5, 0.6) is 0 Å². The lowest BCUT2D eigenvalue weighted by molar-refractivity contribution is -0.117. The molecule has 0 aliphatic heterocycles. The second-order valence-electron chi connectivity index (χ2n) is 9.08. The zero-order valence-electron chi connectivity index (χ0n) is 22.6. The maximum Gasteiger partial charge on any atom is 0.411 e. The van der Waals surface area contributed by atoms with Crippen molar-refractivity contribution in [2.75, 3.05) is 12.4 Å². The van der Waals surface area contributed by atoms with E-state index < -0.39 is 12.1 Å². The highest BCUT2D eigenvalue weighted by Gasteiger charge is 2.19. The zero-order valence-corrected chi connectivity index (χ0v) is 24.1. The maximum atomic E-state index is 13.2. The molecule has 216 valence electrons. The minimum Gasteiger partial charge on any atom is -0.453 e. The van der Waals surface area contributed by atoms with Crippen molar-refractivity contribution >= 4 is 47.0 Å². The molecule has 43 heavy (non-hydrogen) atoms. The van der Waals surface area contributed by atoms with E-state index in [1.807, 2.05) is 12.1 Å². The standard InChI is InChI=1S/C29H23Cl2N9O3/c1-43-29(42)34-22-6-2-19(3-7-22)23-16-25(36-37-28(23)31)24(14-18-10-12-32-13-11-18)35-27(41)9-4-20-15-21(30)5-8-26(20)40-17-33-38-39-40/h2-13,15-17,24H,14H2,1H3,(H,34,42)(H,35,41)/b9-4+. The molecule has 2 N–H and O–H groups in total. The molecule has 3 heterocycles. The molecule has 2 aromatic carbocycles. The first kappa shape index (κ1) is 29.3. The fourth-order valence-corrected chi connectivity index (χ4v) is 4.56. The van der Waals surface area contributed by atoms with Gasteiger partial charge in [0.15, 0.2) is 5.15 Å². The minimum atomic E-state index is -0.579. The average Bonchev–Trinajstić information content (AvgIpc) is 3.56. The van der Waals surface area contributed by atoms with Gasteiger partial charge >= 0.3 is 6.09 Å². The molecule has 1 atom stereocenters. The lowest BCUT2D eigenvalue weighted by atomic mass is 10.0. The number of halogens is 2. The van der Waals surface area contributed by atoms with E-state index in [0.717, 1.165) is 11.1 Å². The van der Waals surface area contributed by atoms with E-state index in [4.69, 9.17) is 23.2 Å². The molecule has 0 saturated heterocycles. The van der Waals surface area contributed by atoms with Crippen molar-refractivity contribution < 1.29 is 14.3 Å². The summed E-state index contributed by atoms with van der Waals surface area (Å²) < 4.78 is 6.11. The third-order valence-electron chi connectivity index (χ3n) is 6.26. The van der Waals surface area contributed by atoms with Gasteiger partial charge in [-0.15, -0.1) is 10.2 Å². The first-order valence-corrected chi connectivity index (χ1v) is 13.5. The van der Waals surface area contributed by atoms with Gasteiger partial charge in [0.1, 0.15) is 6.33 Å². The first-order valence-electron chi connectivity index (χ1n) is 12.8. The first-order chi connectivity index (χ1) is 20.9. The summed E-state index contributed by atoms with van der Waals surface area (Å²) in [5.74, 6) is -0.377. The SMILES string of the molecule is COC(=O)Nc1ccc(-c2cc(C(Cc3ccncc3)NC(=O)/C=C/c3cc(Cl)ccc3-n3cnnn3)nnc2Cl)cc1. The predicted molar refractivity (Wildman–Crippen MR) is 161 cm³/mol. The van der Waals surface area contributed by atoms with Gasteiger partial charge in [0.2, 0.25) is 5.91 Å². The van der Waals surface area contributed by atoms with Gasteiger partial charge in [-0.1, -0.05) is 35.3 Å². The summed E-state index contributed by atoms with van der Waals surface area (Å²) in [7, 11) is 1.29. The second-order valence-corrected chi connectivity index (χ2v) is 9.87. The van der Waals surface area contributed by atoms with Crippen LogP contribution in [0.15, 0.2) is 85.5 Å². The summed E-state index contributed by atoms with van der Waals surface area (Å²) in [6.45, 7) is 0. The topological polar surface area (TPSA) is 150 Å². The molecule has 14 heteroatoms. The van der Waals surface area contributed by atoms with Crippen molar-refractivity contribution in [3.05, 3.63) is 112 Å². The van der Waals surface area contributed by atoms with Gasteiger partial charge in [0.05, 0.1) is 24.5 Å². The molecule has 0 aliphatic rings. The van der Waals surface area contributed by atoms with Crippen LogP contribution in [0.3, 0.4) is 0 Å². The second kappa shape index (κ2) is 13.6. The Labute approximate surface area is 255 Å². The van der Waals surface area contributed by atoms with Crippen molar-refractivity contribution in [3.63, 3.8) is 0 Å². The van der Waals surface area contributed by atoms with Crippen LogP contribution in [0.25, 0.3) is 22.9 Å². The van der Waals surface area contributed by atoms with Crippen LogP contribution in [0.2, 0.25) is 10.2 Å². The Hall–Kier alpha value is -5.20. The summed E-state index contributed by atoms with van der Waals surface area (Å²) in [5.41, 5.74) is 4.59. The largest absolute Gasteiger partial charge is 0.453 e. The zero-order chi connectivity index (χ0) is 30.2. The number of carbonyl (C=O) groups is 2. The normalized spacial score (nSPS) is 11.7. The van der Waals surface area contributed by atoms with Crippen molar-refractivity contribution in [2.45, 2.75) is 12.5 Å². The van der Waals surface area contributed by atoms with Crippen LogP contribution in [-0.4, -0.2) is 54.5 Å². The van der Waals surface area contributed by atoms with E-state index in [-0.39, 0.29) is 11.1 Å². The fourth-order valence-electron chi connectivity index (χ4n) is 4.18. The van der Waals surface area contributed by atoms with E-state index in [0.29, 0.717) is 39.6 Å². The Morgan fingerprint density at radius 3 is 2.53 bits per heavy atom. The minimum absolute atomic E-state index is 0.183. The molecule has 0 spiro atoms. The van der Waals surface area contributed by atoms with Crippen molar-refractivity contribution in [3.8, 4) is 16.8 Å². The highest BCUT2D eigenvalue weighted by molar-refractivity contribution is 6.32. The molecule has 0 radical (unpaired) electrons. The van der Waals surface area contributed by atoms with E-state index in [2.05, 4.69) is 46.1 Å². The van der Waals surface area contributed by atoms with Crippen molar-refractivity contribution in [2.24, 2.45) is 0 Å². The molecule has 12 nitrogen and oxygen atoms in total. The van der Waals surface area contributed by atoms with Gasteiger partial charge in [-0.3, -0.25) is 15.1 Å². The molecule has 5 rings (SSSR count). The number of ether oxygens (including phenoxy) is 1. The van der Waals surface area contributed by atoms with Crippen molar-refractivity contribution in [1.82, 2.24) is 40.7 Å². The maximum absolute atomic E-state index is 13.2. The molecule has 1 unspecified atom stereocenters. The molecule has 5 aromatic rings. The Balaban J connectivity index is 1.42. The van der Waals surface area contributed by atoms with Crippen LogP contribution in [-0.2, 0) is 16.0 Å². The third-order valence-corrected chi connectivity index (χ3v) is 6.77. The third kappa shape index (κ3) is 7.56. The van der Waals surface area contributed by atoms with Gasteiger partial charge < -0.3 is 10.1 Å². The number of benzene rings is 2. The highest BCUT2D eigenvalue weighted by Crippen LogP contribution is 2.30. The number of nitrogens with one attached hydrogen (secondary N) is 2. The van der Waals surface area contributed by atoms with Crippen molar-refractivity contribution in [1.29, 1.82) is 0 Å². The van der Waals surface area contributed by atoms with E-state index in [9.17, 15) is 9.59 Å². The van der Waals surface area contributed by atoms with Crippen LogP contribution in [0, 0.1) is 0 Å². The number of aromatic nitrogens is 7. The predicted octanol–water partition coefficient (Wildman–Crippen LogP) is 5.11. The Bertz CT molecular complexity index is 1750. The molecule has 0 aliphatic carbocycles. The molecule has 3 aromatic heterocycles. The lowest BCUT2D eigenvalue weighted by Gasteiger charge is -2.18. The Morgan fingerprint density at radius 2 is 1.81 bits per heavy atom. The number of hydrogen-bond donors (Lipinski definition) is 2. The number of hydrogen-bond acceptors (Lipinski definition) is 9. The van der Waals surface area contributed by atoms with Gasteiger partial charge in [0, 0.05) is 40.3 Å². The summed E-state index contributed by atoms with van der Waals surface area (Å²) in [4.78, 5) is 28.8. The fraction of sp³-hybridized carbons (Fsp3) is 0.103. The van der Waals surface area contributed by atoms with E-state index in [1.54, 1.807) is 67.0 Å². The molecule has 0 bridgehead atoms. The number of rotatable bonds is 9. The average molecular weight is 616 g/mol. The molecular weight excluding hydrogens is 593 g/mol. The monoisotopic (exact) mass is 615 g/mol. The van der Waals surface area contributed by atoms with Gasteiger partial charge in [-0.2, -0.15) is 9.78 Å². The van der Waals surface area contributed by atoms with Crippen LogP contribution >= 0.6 is 23.2 Å². The summed E-state index contributed by atoms with van der Waals surface area (Å²) in [6.07, 6.45) is 7.66. The van der Waals surface area contributed by atoms with E-state index >= 15 is 0 Å². The number of carbonyl (C=O) groups excluding carboxylic acids is 2.